The first-order valence-electron chi connectivity index (χ1n) is 4.79. The Labute approximate surface area is 79.7 Å². The van der Waals surface area contributed by atoms with E-state index in [1.54, 1.807) is 0 Å². The molecule has 1 aliphatic rings. The Morgan fingerprint density at radius 2 is 2.23 bits per heavy atom. The maximum atomic E-state index is 11.6. The smallest absolute Gasteiger partial charge is 0.320 e. The van der Waals surface area contributed by atoms with Crippen molar-refractivity contribution >= 4 is 6.03 Å². The zero-order chi connectivity index (χ0) is 10.0. The number of carbonyl (C=O) groups is 1. The van der Waals surface area contributed by atoms with Crippen LogP contribution in [0.25, 0.3) is 0 Å². The molecule has 0 aromatic heterocycles. The van der Waals surface area contributed by atoms with Crippen LogP contribution in [-0.2, 0) is 0 Å². The molecule has 2 N–H and O–H groups in total. The first-order valence-corrected chi connectivity index (χ1v) is 4.79. The summed E-state index contributed by atoms with van der Waals surface area (Å²) < 4.78 is 0. The normalized spacial score (nSPS) is 23.5. The fourth-order valence-electron chi connectivity index (χ4n) is 1.79. The van der Waals surface area contributed by atoms with E-state index in [0.29, 0.717) is 25.0 Å². The fourth-order valence-corrected chi connectivity index (χ4v) is 1.79. The maximum absolute atomic E-state index is 11.6. The minimum atomic E-state index is 0.115. The maximum Gasteiger partial charge on any atom is 0.320 e. The predicted molar refractivity (Wildman–Crippen MR) is 52.4 cm³/mol. The molecule has 0 aromatic carbocycles. The monoisotopic (exact) mass is 185 g/mol. The second-order valence-electron chi connectivity index (χ2n) is 3.94. The van der Waals surface area contributed by atoms with Crippen LogP contribution in [0.15, 0.2) is 0 Å². The number of urea groups is 1. The van der Waals surface area contributed by atoms with Gasteiger partial charge in [-0.2, -0.15) is 0 Å². The Kier molecular flexibility index (Phi) is 3.14. The SMILES string of the molecule is CC(C)C1CN(CCN)C(=O)N1C. The summed E-state index contributed by atoms with van der Waals surface area (Å²) in [5.74, 6) is 0.511. The Hall–Kier alpha value is -0.770. The van der Waals surface area contributed by atoms with E-state index in [1.165, 1.54) is 0 Å². The lowest BCUT2D eigenvalue weighted by Gasteiger charge is -2.20. The van der Waals surface area contributed by atoms with E-state index in [9.17, 15) is 4.79 Å². The molecule has 76 valence electrons. The standard InChI is InChI=1S/C9H19N3O/c1-7(2)8-6-12(5-4-10)9(13)11(8)3/h7-8H,4-6,10H2,1-3H3. The van der Waals surface area contributed by atoms with Gasteiger partial charge in [0.05, 0.1) is 6.04 Å². The second-order valence-corrected chi connectivity index (χ2v) is 3.94. The highest BCUT2D eigenvalue weighted by molar-refractivity contribution is 5.76. The number of amides is 2. The van der Waals surface area contributed by atoms with Crippen molar-refractivity contribution in [1.82, 2.24) is 9.80 Å². The van der Waals surface area contributed by atoms with Crippen molar-refractivity contribution in [3.05, 3.63) is 0 Å². The number of rotatable bonds is 3. The number of likely N-dealkylation sites (N-methyl/N-ethyl adjacent to an activating group) is 1. The molecule has 4 heteroatoms. The van der Waals surface area contributed by atoms with Gasteiger partial charge in [0.25, 0.3) is 0 Å². The summed E-state index contributed by atoms with van der Waals surface area (Å²) in [7, 11) is 1.86. The molecule has 1 rings (SSSR count). The largest absolute Gasteiger partial charge is 0.329 e. The van der Waals surface area contributed by atoms with Gasteiger partial charge in [-0.15, -0.1) is 0 Å². The summed E-state index contributed by atoms with van der Waals surface area (Å²) in [6, 6.07) is 0.461. The third-order valence-electron chi connectivity index (χ3n) is 2.65. The van der Waals surface area contributed by atoms with Gasteiger partial charge in [0, 0.05) is 26.7 Å². The van der Waals surface area contributed by atoms with Gasteiger partial charge in [-0.1, -0.05) is 13.8 Å². The van der Waals surface area contributed by atoms with Crippen LogP contribution in [0.2, 0.25) is 0 Å². The molecule has 1 unspecified atom stereocenters. The molecule has 1 atom stereocenters. The summed E-state index contributed by atoms with van der Waals surface area (Å²) in [5, 5.41) is 0. The van der Waals surface area contributed by atoms with E-state index in [2.05, 4.69) is 13.8 Å². The molecule has 13 heavy (non-hydrogen) atoms. The van der Waals surface area contributed by atoms with E-state index < -0.39 is 0 Å². The van der Waals surface area contributed by atoms with Gasteiger partial charge in [-0.05, 0) is 5.92 Å². The van der Waals surface area contributed by atoms with Crippen molar-refractivity contribution in [1.29, 1.82) is 0 Å². The fraction of sp³-hybridized carbons (Fsp3) is 0.889. The molecule has 0 aliphatic carbocycles. The lowest BCUT2D eigenvalue weighted by atomic mass is 10.0. The molecule has 1 saturated heterocycles. The van der Waals surface area contributed by atoms with E-state index in [-0.39, 0.29) is 6.03 Å². The van der Waals surface area contributed by atoms with Crippen LogP contribution in [-0.4, -0.2) is 48.6 Å². The van der Waals surface area contributed by atoms with Crippen molar-refractivity contribution in [2.45, 2.75) is 19.9 Å². The average Bonchev–Trinajstić information content (AvgIpc) is 2.33. The van der Waals surface area contributed by atoms with E-state index in [4.69, 9.17) is 5.73 Å². The lowest BCUT2D eigenvalue weighted by molar-refractivity contribution is 0.192. The first-order chi connectivity index (χ1) is 6.07. The molecule has 4 nitrogen and oxygen atoms in total. The third-order valence-corrected chi connectivity index (χ3v) is 2.65. The van der Waals surface area contributed by atoms with Gasteiger partial charge >= 0.3 is 6.03 Å². The predicted octanol–water partition coefficient (Wildman–Crippen LogP) is 0.337. The summed E-state index contributed by atoms with van der Waals surface area (Å²) in [6.45, 7) is 6.32. The topological polar surface area (TPSA) is 49.6 Å². The van der Waals surface area contributed by atoms with Crippen LogP contribution >= 0.6 is 0 Å². The summed E-state index contributed by atoms with van der Waals surface area (Å²) in [4.78, 5) is 15.3. The highest BCUT2D eigenvalue weighted by Crippen LogP contribution is 2.19. The minimum Gasteiger partial charge on any atom is -0.329 e. The zero-order valence-electron chi connectivity index (χ0n) is 8.66. The highest BCUT2D eigenvalue weighted by atomic mass is 16.2. The summed E-state index contributed by atoms with van der Waals surface area (Å²) in [5.41, 5.74) is 5.43. The third kappa shape index (κ3) is 1.94. The number of hydrogen-bond donors (Lipinski definition) is 1. The van der Waals surface area contributed by atoms with Crippen LogP contribution in [0.4, 0.5) is 4.79 Å². The van der Waals surface area contributed by atoms with Gasteiger partial charge in [0.1, 0.15) is 0 Å². The second kappa shape index (κ2) is 3.96. The molecule has 0 radical (unpaired) electrons. The van der Waals surface area contributed by atoms with Crippen LogP contribution < -0.4 is 5.73 Å². The number of nitrogens with two attached hydrogens (primary N) is 1. The highest BCUT2D eigenvalue weighted by Gasteiger charge is 2.35. The molecular formula is C9H19N3O. The average molecular weight is 185 g/mol. The Balaban J connectivity index is 2.61. The van der Waals surface area contributed by atoms with Crippen molar-refractivity contribution in [2.24, 2.45) is 11.7 Å². The molecule has 1 fully saturated rings. The van der Waals surface area contributed by atoms with Gasteiger partial charge in [0.15, 0.2) is 0 Å². The van der Waals surface area contributed by atoms with Crippen molar-refractivity contribution in [3.63, 3.8) is 0 Å². The number of hydrogen-bond acceptors (Lipinski definition) is 2. The zero-order valence-corrected chi connectivity index (χ0v) is 8.66. The summed E-state index contributed by atoms with van der Waals surface area (Å²) >= 11 is 0. The van der Waals surface area contributed by atoms with Gasteiger partial charge in [-0.3, -0.25) is 0 Å². The molecule has 0 saturated carbocycles. The molecule has 0 spiro atoms. The van der Waals surface area contributed by atoms with Gasteiger partial charge < -0.3 is 15.5 Å². The van der Waals surface area contributed by atoms with Crippen LogP contribution in [0.1, 0.15) is 13.8 Å². The van der Waals surface area contributed by atoms with Crippen LogP contribution in [0.3, 0.4) is 0 Å². The van der Waals surface area contributed by atoms with Crippen molar-refractivity contribution < 1.29 is 4.79 Å². The van der Waals surface area contributed by atoms with Gasteiger partial charge in [-0.25, -0.2) is 4.79 Å². The Morgan fingerprint density at radius 1 is 1.62 bits per heavy atom. The summed E-state index contributed by atoms with van der Waals surface area (Å²) in [6.07, 6.45) is 0. The molecule has 2 amide bonds. The van der Waals surface area contributed by atoms with Gasteiger partial charge in [0.2, 0.25) is 0 Å². The van der Waals surface area contributed by atoms with E-state index in [1.807, 2.05) is 16.8 Å². The molecule has 0 aromatic rings. The number of nitrogens with zero attached hydrogens (tertiary/aromatic N) is 2. The minimum absolute atomic E-state index is 0.115. The Bertz CT molecular complexity index is 193. The Morgan fingerprint density at radius 3 is 2.62 bits per heavy atom. The molecule has 1 aliphatic heterocycles. The van der Waals surface area contributed by atoms with Crippen LogP contribution in [0, 0.1) is 5.92 Å². The van der Waals surface area contributed by atoms with Crippen molar-refractivity contribution in [2.75, 3.05) is 26.7 Å². The molecule has 0 bridgehead atoms. The van der Waals surface area contributed by atoms with Crippen molar-refractivity contribution in [3.8, 4) is 0 Å². The van der Waals surface area contributed by atoms with Crippen LogP contribution in [0.5, 0.6) is 0 Å². The molecule has 1 heterocycles. The lowest BCUT2D eigenvalue weighted by Crippen LogP contribution is -2.34. The number of carbonyl (C=O) groups excluding carboxylic acids is 1. The quantitative estimate of drug-likeness (QED) is 0.689. The van der Waals surface area contributed by atoms with E-state index >= 15 is 0 Å². The first kappa shape index (κ1) is 10.3. The molecular weight excluding hydrogens is 166 g/mol. The van der Waals surface area contributed by atoms with E-state index in [0.717, 1.165) is 6.54 Å².